The number of aromatic nitrogens is 2. The van der Waals surface area contributed by atoms with Crippen LogP contribution in [0.4, 0.5) is 13.2 Å². The zero-order valence-corrected chi connectivity index (χ0v) is 15.0. The summed E-state index contributed by atoms with van der Waals surface area (Å²) in [5, 5.41) is 5.83. The summed E-state index contributed by atoms with van der Waals surface area (Å²) in [5.41, 5.74) is -0.320. The summed E-state index contributed by atoms with van der Waals surface area (Å²) in [4.78, 5) is 11.9. The van der Waals surface area contributed by atoms with E-state index in [0.29, 0.717) is 18.5 Å². The van der Waals surface area contributed by atoms with E-state index < -0.39 is 11.9 Å². The molecule has 2 rings (SSSR count). The molecule has 9 heteroatoms. The van der Waals surface area contributed by atoms with Crippen molar-refractivity contribution in [2.45, 2.75) is 26.1 Å². The number of aryl methyl sites for hydroxylation is 1. The first kappa shape index (κ1) is 18.8. The number of carbonyl (C=O) groups excluding carboxylic acids is 1. The number of amides is 1. The summed E-state index contributed by atoms with van der Waals surface area (Å²) < 4.78 is 40.3. The Bertz CT molecular complexity index is 729. The molecule has 0 saturated heterocycles. The van der Waals surface area contributed by atoms with E-state index in [2.05, 4.69) is 26.3 Å². The van der Waals surface area contributed by atoms with Gasteiger partial charge in [-0.05, 0) is 37.6 Å². The van der Waals surface area contributed by atoms with E-state index in [1.165, 1.54) is 11.6 Å². The molecule has 0 atom stereocenters. The summed E-state index contributed by atoms with van der Waals surface area (Å²) in [6.07, 6.45) is -4.15. The Morgan fingerprint density at radius 3 is 2.50 bits per heavy atom. The van der Waals surface area contributed by atoms with Gasteiger partial charge in [0.25, 0.3) is 5.91 Å². The molecule has 2 aromatic rings. The average molecular weight is 425 g/mol. The van der Waals surface area contributed by atoms with E-state index in [1.807, 2.05) is 0 Å². The molecule has 0 saturated carbocycles. The highest BCUT2D eigenvalue weighted by atomic mass is 79.9. The highest BCUT2D eigenvalue weighted by Gasteiger charge is 2.38. The zero-order valence-electron chi connectivity index (χ0n) is 12.6. The second-order valence-electron chi connectivity index (χ2n) is 5.09. The van der Waals surface area contributed by atoms with Gasteiger partial charge in [-0.25, -0.2) is 0 Å². The molecule has 0 unspecified atom stereocenters. The lowest BCUT2D eigenvalue weighted by Gasteiger charge is -2.07. The van der Waals surface area contributed by atoms with Crippen molar-refractivity contribution in [1.82, 2.24) is 15.1 Å². The van der Waals surface area contributed by atoms with Crippen LogP contribution >= 0.6 is 27.5 Å². The van der Waals surface area contributed by atoms with Crippen LogP contribution in [0.25, 0.3) is 0 Å². The minimum Gasteiger partial charge on any atom is -0.352 e. The Morgan fingerprint density at radius 1 is 1.33 bits per heavy atom. The fraction of sp³-hybridized carbons (Fsp3) is 0.333. The number of nitrogens with one attached hydrogen (secondary N) is 1. The Labute approximate surface area is 150 Å². The topological polar surface area (TPSA) is 46.9 Å². The van der Waals surface area contributed by atoms with E-state index >= 15 is 0 Å². The van der Waals surface area contributed by atoms with Gasteiger partial charge < -0.3 is 5.32 Å². The third-order valence-corrected chi connectivity index (χ3v) is 4.32. The normalized spacial score (nSPS) is 11.6. The van der Waals surface area contributed by atoms with Gasteiger partial charge >= 0.3 is 6.18 Å². The summed E-state index contributed by atoms with van der Waals surface area (Å²) >= 11 is 8.96. The van der Waals surface area contributed by atoms with Crippen LogP contribution in [-0.2, 0) is 12.7 Å². The van der Waals surface area contributed by atoms with Crippen LogP contribution < -0.4 is 5.32 Å². The van der Waals surface area contributed by atoms with Crippen LogP contribution in [0, 0.1) is 6.92 Å². The first-order chi connectivity index (χ1) is 11.2. The molecule has 1 N–H and O–H groups in total. The lowest BCUT2D eigenvalue weighted by Crippen LogP contribution is -2.25. The summed E-state index contributed by atoms with van der Waals surface area (Å²) in [5.74, 6) is -0.242. The van der Waals surface area contributed by atoms with Crippen molar-refractivity contribution in [3.63, 3.8) is 0 Å². The highest BCUT2D eigenvalue weighted by molar-refractivity contribution is 9.10. The van der Waals surface area contributed by atoms with Crippen molar-refractivity contribution in [2.75, 3.05) is 6.54 Å². The summed E-state index contributed by atoms with van der Waals surface area (Å²) in [7, 11) is 0. The van der Waals surface area contributed by atoms with E-state index in [0.717, 1.165) is 4.47 Å². The molecule has 24 heavy (non-hydrogen) atoms. The predicted molar refractivity (Wildman–Crippen MR) is 88.1 cm³/mol. The zero-order chi connectivity index (χ0) is 17.9. The second-order valence-corrected chi connectivity index (χ2v) is 6.38. The fourth-order valence-electron chi connectivity index (χ4n) is 2.06. The van der Waals surface area contributed by atoms with Crippen molar-refractivity contribution < 1.29 is 18.0 Å². The molecule has 1 amide bonds. The molecule has 0 radical (unpaired) electrons. The van der Waals surface area contributed by atoms with Gasteiger partial charge in [-0.15, -0.1) is 0 Å². The first-order valence-corrected chi connectivity index (χ1v) is 8.21. The standard InChI is InChI=1S/C15H14BrClF3N3O/c1-9-12(17)13(15(18,19)20)22-23(9)8-2-7-21-14(24)10-3-5-11(16)6-4-10/h3-6H,2,7-8H2,1H3,(H,21,24). The maximum Gasteiger partial charge on any atom is 0.436 e. The molecule has 0 bridgehead atoms. The molecular weight excluding hydrogens is 411 g/mol. The summed E-state index contributed by atoms with van der Waals surface area (Å²) in [6, 6.07) is 6.85. The minimum absolute atomic E-state index is 0.224. The van der Waals surface area contributed by atoms with Gasteiger partial charge in [0, 0.05) is 23.1 Å². The summed E-state index contributed by atoms with van der Waals surface area (Å²) in [6.45, 7) is 2.01. The largest absolute Gasteiger partial charge is 0.436 e. The molecule has 0 aliphatic rings. The molecule has 0 aliphatic heterocycles. The lowest BCUT2D eigenvalue weighted by atomic mass is 10.2. The van der Waals surface area contributed by atoms with Crippen molar-refractivity contribution in [1.29, 1.82) is 0 Å². The van der Waals surface area contributed by atoms with Crippen molar-refractivity contribution in [3.05, 3.63) is 50.7 Å². The van der Waals surface area contributed by atoms with Crippen LogP contribution in [0.15, 0.2) is 28.7 Å². The molecule has 0 aliphatic carbocycles. The number of nitrogens with zero attached hydrogens (tertiary/aromatic N) is 2. The maximum atomic E-state index is 12.7. The molecule has 0 spiro atoms. The number of alkyl halides is 3. The smallest absolute Gasteiger partial charge is 0.352 e. The number of benzene rings is 1. The van der Waals surface area contributed by atoms with E-state index in [9.17, 15) is 18.0 Å². The van der Waals surface area contributed by atoms with Gasteiger partial charge in [0.1, 0.15) is 0 Å². The van der Waals surface area contributed by atoms with Gasteiger partial charge in [-0.3, -0.25) is 9.48 Å². The van der Waals surface area contributed by atoms with E-state index in [1.54, 1.807) is 24.3 Å². The first-order valence-electron chi connectivity index (χ1n) is 7.04. The average Bonchev–Trinajstić information content (AvgIpc) is 2.80. The predicted octanol–water partition coefficient (Wildman–Crippen LogP) is 4.45. The Balaban J connectivity index is 1.89. The fourth-order valence-corrected chi connectivity index (χ4v) is 2.56. The number of carbonyl (C=O) groups is 1. The van der Waals surface area contributed by atoms with Gasteiger partial charge in [-0.1, -0.05) is 27.5 Å². The van der Waals surface area contributed by atoms with Gasteiger partial charge in [0.15, 0.2) is 5.69 Å². The van der Waals surface area contributed by atoms with Gasteiger partial charge in [0.2, 0.25) is 0 Å². The molecule has 1 aromatic carbocycles. The molecule has 130 valence electrons. The van der Waals surface area contributed by atoms with Crippen LogP contribution in [0.1, 0.15) is 28.2 Å². The lowest BCUT2D eigenvalue weighted by molar-refractivity contribution is -0.141. The van der Waals surface area contributed by atoms with Gasteiger partial charge in [0.05, 0.1) is 10.7 Å². The molecule has 1 heterocycles. The van der Waals surface area contributed by atoms with Crippen molar-refractivity contribution >= 4 is 33.4 Å². The molecule has 4 nitrogen and oxygen atoms in total. The van der Waals surface area contributed by atoms with Crippen molar-refractivity contribution in [2.24, 2.45) is 0 Å². The Morgan fingerprint density at radius 2 is 1.96 bits per heavy atom. The monoisotopic (exact) mass is 423 g/mol. The third kappa shape index (κ3) is 4.51. The highest BCUT2D eigenvalue weighted by Crippen LogP contribution is 2.35. The van der Waals surface area contributed by atoms with Crippen LogP contribution in [0.3, 0.4) is 0 Å². The molecule has 1 aromatic heterocycles. The quantitative estimate of drug-likeness (QED) is 0.721. The van der Waals surface area contributed by atoms with E-state index in [-0.39, 0.29) is 23.2 Å². The number of hydrogen-bond acceptors (Lipinski definition) is 2. The maximum absolute atomic E-state index is 12.7. The van der Waals surface area contributed by atoms with Crippen molar-refractivity contribution in [3.8, 4) is 0 Å². The molecular formula is C15H14BrClF3N3O. The molecule has 0 fully saturated rings. The minimum atomic E-state index is -4.58. The van der Waals surface area contributed by atoms with Crippen LogP contribution in [0.5, 0.6) is 0 Å². The Hall–Kier alpha value is -1.54. The van der Waals surface area contributed by atoms with Crippen LogP contribution in [-0.4, -0.2) is 22.2 Å². The number of hydrogen-bond donors (Lipinski definition) is 1. The number of rotatable bonds is 5. The van der Waals surface area contributed by atoms with Crippen LogP contribution in [0.2, 0.25) is 5.02 Å². The Kier molecular flexibility index (Phi) is 5.92. The number of halogens is 5. The second kappa shape index (κ2) is 7.57. The van der Waals surface area contributed by atoms with Gasteiger partial charge in [-0.2, -0.15) is 18.3 Å². The van der Waals surface area contributed by atoms with E-state index in [4.69, 9.17) is 11.6 Å². The SMILES string of the molecule is Cc1c(Cl)c(C(F)(F)F)nn1CCCNC(=O)c1ccc(Br)cc1. The third-order valence-electron chi connectivity index (χ3n) is 3.34.